The smallest absolute Gasteiger partial charge is 0.211 e. The Morgan fingerprint density at radius 1 is 1.40 bits per heavy atom. The third-order valence-electron chi connectivity index (χ3n) is 0. The minimum Gasteiger partial charge on any atom is -0.225 e. The molecule has 0 aromatic carbocycles. The fourth-order valence-corrected chi connectivity index (χ4v) is 0. The van der Waals surface area contributed by atoms with Crippen LogP contribution in [0.5, 0.6) is 0 Å². The molecule has 34 valence electrons. The van der Waals surface area contributed by atoms with E-state index in [1.54, 1.807) is 0 Å². The van der Waals surface area contributed by atoms with Gasteiger partial charge in [0.2, 0.25) is 9.23 Å². The standard InChI is InChI=1S/Cl2OS.Fe/c1-4(2)3;. The molecule has 0 unspecified atom stereocenters. The maximum atomic E-state index is 9.09. The molecule has 0 amide bonds. The van der Waals surface area contributed by atoms with Crippen LogP contribution in [0.2, 0.25) is 0 Å². The van der Waals surface area contributed by atoms with Crippen LogP contribution in [-0.2, 0) is 26.3 Å². The molecule has 0 saturated carbocycles. The van der Waals surface area contributed by atoms with Gasteiger partial charge in [0.15, 0.2) is 0 Å². The maximum Gasteiger partial charge on any atom is 0.211 e. The molecule has 5 heavy (non-hydrogen) atoms. The molecule has 0 aromatic heterocycles. The van der Waals surface area contributed by atoms with E-state index in [2.05, 4.69) is 21.4 Å². The van der Waals surface area contributed by atoms with E-state index in [0.717, 1.165) is 0 Å². The van der Waals surface area contributed by atoms with E-state index < -0.39 is 9.23 Å². The summed E-state index contributed by atoms with van der Waals surface area (Å²) < 4.78 is 9.09. The summed E-state index contributed by atoms with van der Waals surface area (Å²) in [7, 11) is 7.36. The molecule has 1 nitrogen and oxygen atoms in total. The van der Waals surface area contributed by atoms with Crippen molar-refractivity contribution >= 4 is 30.6 Å². The summed E-state index contributed by atoms with van der Waals surface area (Å²) in [4.78, 5) is 0. The first-order valence-corrected chi connectivity index (χ1v) is 3.28. The van der Waals surface area contributed by atoms with Gasteiger partial charge >= 0.3 is 0 Å². The van der Waals surface area contributed by atoms with Gasteiger partial charge in [0.25, 0.3) is 0 Å². The molecule has 0 fully saturated rings. The van der Waals surface area contributed by atoms with E-state index in [-0.39, 0.29) is 17.1 Å². The molecule has 0 radical (unpaired) electrons. The van der Waals surface area contributed by atoms with Gasteiger partial charge in [-0.3, -0.25) is 0 Å². The number of rotatable bonds is 0. The fraction of sp³-hybridized carbons (Fsp3) is 0. The van der Waals surface area contributed by atoms with E-state index in [1.807, 2.05) is 0 Å². The molecule has 0 heterocycles. The van der Waals surface area contributed by atoms with Crippen LogP contribution in [-0.4, -0.2) is 4.21 Å². The number of halogens is 2. The molecule has 0 saturated heterocycles. The van der Waals surface area contributed by atoms with Crippen LogP contribution in [0.1, 0.15) is 0 Å². The molecular weight excluding hydrogens is 175 g/mol. The summed E-state index contributed by atoms with van der Waals surface area (Å²) in [6.07, 6.45) is 0. The summed E-state index contributed by atoms with van der Waals surface area (Å²) in [5, 5.41) is 0. The van der Waals surface area contributed by atoms with Crippen LogP contribution in [0, 0.1) is 0 Å². The molecule has 0 aliphatic heterocycles. The minimum atomic E-state index is -1.67. The van der Waals surface area contributed by atoms with Crippen molar-refractivity contribution in [3.8, 4) is 0 Å². The zero-order chi connectivity index (χ0) is 3.58. The number of hydrogen-bond donors (Lipinski definition) is 0. The monoisotopic (exact) mass is 174 g/mol. The van der Waals surface area contributed by atoms with Gasteiger partial charge in [0.05, 0.1) is 0 Å². The first-order chi connectivity index (χ1) is 1.73. The van der Waals surface area contributed by atoms with Gasteiger partial charge in [-0.1, -0.05) is 0 Å². The van der Waals surface area contributed by atoms with Crippen molar-refractivity contribution in [1.82, 2.24) is 0 Å². The van der Waals surface area contributed by atoms with Crippen LogP contribution >= 0.6 is 21.4 Å². The van der Waals surface area contributed by atoms with E-state index in [9.17, 15) is 0 Å². The van der Waals surface area contributed by atoms with Crippen molar-refractivity contribution in [2.24, 2.45) is 0 Å². The second kappa shape index (κ2) is 5.25. The van der Waals surface area contributed by atoms with Gasteiger partial charge in [0, 0.05) is 38.4 Å². The van der Waals surface area contributed by atoms with Crippen molar-refractivity contribution in [2.45, 2.75) is 0 Å². The summed E-state index contributed by atoms with van der Waals surface area (Å²) in [6.45, 7) is 0. The van der Waals surface area contributed by atoms with Crippen molar-refractivity contribution in [1.29, 1.82) is 0 Å². The minimum absolute atomic E-state index is 0. The van der Waals surface area contributed by atoms with Crippen molar-refractivity contribution < 1.29 is 21.3 Å². The fourth-order valence-electron chi connectivity index (χ4n) is 0. The second-order valence-corrected chi connectivity index (χ2v) is 2.71. The van der Waals surface area contributed by atoms with Gasteiger partial charge in [-0.05, 0) is 0 Å². The SMILES string of the molecule is O=S(Cl)Cl.[Fe]. The summed E-state index contributed by atoms with van der Waals surface area (Å²) in [6, 6.07) is 0. The molecule has 0 aliphatic carbocycles. The normalized spacial score (nSPS) is 7.00. The topological polar surface area (TPSA) is 17.1 Å². The Morgan fingerprint density at radius 3 is 1.40 bits per heavy atom. The Kier molecular flexibility index (Phi) is 10.0. The third kappa shape index (κ3) is 35.5. The Hall–Kier alpha value is 1.25. The van der Waals surface area contributed by atoms with Gasteiger partial charge in [-0.15, -0.1) is 0 Å². The molecule has 0 aromatic rings. The van der Waals surface area contributed by atoms with Crippen molar-refractivity contribution in [3.05, 3.63) is 0 Å². The predicted octanol–water partition coefficient (Wildman–Crippen LogP) is 1.04. The predicted molar refractivity (Wildman–Crippen MR) is 19.8 cm³/mol. The summed E-state index contributed by atoms with van der Waals surface area (Å²) >= 11 is 0. The average Bonchev–Trinajstić information content (AvgIpc) is 0.811. The molecular formula is Cl2FeOS. The molecule has 0 spiro atoms. The molecule has 5 heteroatoms. The largest absolute Gasteiger partial charge is 0.225 e. The van der Waals surface area contributed by atoms with E-state index in [4.69, 9.17) is 4.21 Å². The van der Waals surface area contributed by atoms with Crippen LogP contribution in [0.15, 0.2) is 0 Å². The van der Waals surface area contributed by atoms with Crippen molar-refractivity contribution in [3.63, 3.8) is 0 Å². The zero-order valence-corrected chi connectivity index (χ0v) is 5.36. The Labute approximate surface area is 52.0 Å². The Morgan fingerprint density at radius 2 is 1.40 bits per heavy atom. The third-order valence-corrected chi connectivity index (χ3v) is 0. The van der Waals surface area contributed by atoms with Crippen LogP contribution in [0.25, 0.3) is 0 Å². The van der Waals surface area contributed by atoms with E-state index in [1.165, 1.54) is 0 Å². The first kappa shape index (κ1) is 9.54. The molecule has 0 rings (SSSR count). The molecule has 0 N–H and O–H groups in total. The summed E-state index contributed by atoms with van der Waals surface area (Å²) in [5.74, 6) is 0. The van der Waals surface area contributed by atoms with Gasteiger partial charge in [-0.25, -0.2) is 4.21 Å². The quantitative estimate of drug-likeness (QED) is 0.397. The Balaban J connectivity index is 0. The summed E-state index contributed by atoms with van der Waals surface area (Å²) in [5.41, 5.74) is 0. The zero-order valence-electron chi connectivity index (χ0n) is 1.93. The maximum absolute atomic E-state index is 9.09. The molecule has 0 atom stereocenters. The van der Waals surface area contributed by atoms with E-state index >= 15 is 0 Å². The van der Waals surface area contributed by atoms with E-state index in [0.29, 0.717) is 0 Å². The van der Waals surface area contributed by atoms with Gasteiger partial charge in [-0.2, -0.15) is 0 Å². The van der Waals surface area contributed by atoms with Gasteiger partial charge in [0.1, 0.15) is 0 Å². The molecule has 0 aliphatic rings. The van der Waals surface area contributed by atoms with Crippen LogP contribution < -0.4 is 0 Å². The average molecular weight is 175 g/mol. The Bertz CT molecular complexity index is 32.6. The van der Waals surface area contributed by atoms with Crippen LogP contribution in [0.4, 0.5) is 0 Å². The van der Waals surface area contributed by atoms with Crippen LogP contribution in [0.3, 0.4) is 0 Å². The molecule has 0 bridgehead atoms. The second-order valence-electron chi connectivity index (χ2n) is 0.184. The van der Waals surface area contributed by atoms with Gasteiger partial charge < -0.3 is 0 Å². The van der Waals surface area contributed by atoms with Crippen molar-refractivity contribution in [2.75, 3.05) is 0 Å². The number of hydrogen-bond acceptors (Lipinski definition) is 1. The first-order valence-electron chi connectivity index (χ1n) is 0.475.